The third-order valence-corrected chi connectivity index (χ3v) is 4.57. The maximum atomic E-state index is 11.8. The van der Waals surface area contributed by atoms with Crippen LogP contribution in [-0.2, 0) is 4.74 Å². The number of piperazine rings is 1. The largest absolute Gasteiger partial charge is 0.486 e. The first-order valence-corrected chi connectivity index (χ1v) is 9.39. The highest BCUT2D eigenvalue weighted by molar-refractivity contribution is 5.68. The molecule has 0 saturated carbocycles. The van der Waals surface area contributed by atoms with Crippen molar-refractivity contribution in [2.75, 3.05) is 56.2 Å². The van der Waals surface area contributed by atoms with Crippen molar-refractivity contribution >= 4 is 23.5 Å². The van der Waals surface area contributed by atoms with Crippen LogP contribution in [0.15, 0.2) is 30.5 Å². The highest BCUT2D eigenvalue weighted by atomic mass is 16.6. The fourth-order valence-electron chi connectivity index (χ4n) is 3.17. The lowest BCUT2D eigenvalue weighted by atomic mass is 10.2. The molecule has 1 aromatic heterocycles. The molecule has 0 bridgehead atoms. The number of anilines is 3. The molecule has 0 aliphatic carbocycles. The van der Waals surface area contributed by atoms with Crippen LogP contribution in [0.3, 0.4) is 0 Å². The van der Waals surface area contributed by atoms with Crippen LogP contribution >= 0.6 is 0 Å². The Balaban J connectivity index is 1.40. The lowest BCUT2D eigenvalue weighted by Gasteiger charge is -2.34. The van der Waals surface area contributed by atoms with Crippen LogP contribution in [0.5, 0.6) is 11.5 Å². The minimum absolute atomic E-state index is 0.259. The third-order valence-electron chi connectivity index (χ3n) is 4.57. The Morgan fingerprint density at radius 3 is 2.71 bits per heavy atom. The number of carbonyl (C=O) groups excluding carboxylic acids is 1. The van der Waals surface area contributed by atoms with Gasteiger partial charge in [-0.3, -0.25) is 0 Å². The van der Waals surface area contributed by atoms with Gasteiger partial charge in [0.1, 0.15) is 19.0 Å². The van der Waals surface area contributed by atoms with Gasteiger partial charge in [-0.05, 0) is 25.1 Å². The minimum Gasteiger partial charge on any atom is -0.486 e. The number of hydrogen-bond acceptors (Lipinski definition) is 8. The van der Waals surface area contributed by atoms with Crippen LogP contribution in [0.25, 0.3) is 0 Å². The molecule has 148 valence electrons. The summed E-state index contributed by atoms with van der Waals surface area (Å²) in [5.41, 5.74) is 0.827. The van der Waals surface area contributed by atoms with Gasteiger partial charge in [0.05, 0.1) is 6.61 Å². The van der Waals surface area contributed by atoms with Crippen molar-refractivity contribution in [3.63, 3.8) is 0 Å². The zero-order chi connectivity index (χ0) is 19.3. The number of amides is 1. The highest BCUT2D eigenvalue weighted by Crippen LogP contribution is 2.33. The van der Waals surface area contributed by atoms with Gasteiger partial charge in [0.15, 0.2) is 11.5 Å². The third kappa shape index (κ3) is 4.03. The maximum absolute atomic E-state index is 11.8. The van der Waals surface area contributed by atoms with Gasteiger partial charge in [0.2, 0.25) is 5.95 Å². The summed E-state index contributed by atoms with van der Waals surface area (Å²) in [4.78, 5) is 24.6. The standard InChI is InChI=1S/C19H23N5O4/c1-2-26-19(25)24-9-7-23(8-10-24)17-5-6-20-18(22-17)21-14-3-4-15-16(13-14)28-12-11-27-15/h3-6,13H,2,7-12H2,1H3,(H,20,21,22). The summed E-state index contributed by atoms with van der Waals surface area (Å²) in [5.74, 6) is 2.77. The van der Waals surface area contributed by atoms with Gasteiger partial charge in [-0.15, -0.1) is 0 Å². The van der Waals surface area contributed by atoms with Gasteiger partial charge in [0, 0.05) is 44.1 Å². The van der Waals surface area contributed by atoms with Crippen molar-refractivity contribution in [2.45, 2.75) is 6.92 Å². The van der Waals surface area contributed by atoms with E-state index in [9.17, 15) is 4.79 Å². The summed E-state index contributed by atoms with van der Waals surface area (Å²) in [6.07, 6.45) is 1.46. The van der Waals surface area contributed by atoms with E-state index >= 15 is 0 Å². The van der Waals surface area contributed by atoms with Crippen molar-refractivity contribution in [2.24, 2.45) is 0 Å². The molecule has 1 fully saturated rings. The fraction of sp³-hybridized carbons (Fsp3) is 0.421. The Kier molecular flexibility index (Phi) is 5.31. The number of hydrogen-bond donors (Lipinski definition) is 1. The molecule has 1 amide bonds. The molecule has 1 N–H and O–H groups in total. The number of rotatable bonds is 4. The summed E-state index contributed by atoms with van der Waals surface area (Å²) in [6.45, 7) is 5.90. The predicted octanol–water partition coefficient (Wildman–Crippen LogP) is 2.27. The molecule has 2 aromatic rings. The number of nitrogens with zero attached hydrogens (tertiary/aromatic N) is 4. The highest BCUT2D eigenvalue weighted by Gasteiger charge is 2.23. The molecule has 1 saturated heterocycles. The topological polar surface area (TPSA) is 89.1 Å². The molecular weight excluding hydrogens is 362 g/mol. The van der Waals surface area contributed by atoms with Gasteiger partial charge in [-0.25, -0.2) is 9.78 Å². The fourth-order valence-corrected chi connectivity index (χ4v) is 3.17. The van der Waals surface area contributed by atoms with Crippen molar-refractivity contribution in [1.29, 1.82) is 0 Å². The number of aromatic nitrogens is 2. The quantitative estimate of drug-likeness (QED) is 0.857. The van der Waals surface area contributed by atoms with Crippen LogP contribution in [0.2, 0.25) is 0 Å². The van der Waals surface area contributed by atoms with E-state index in [1.165, 1.54) is 0 Å². The first kappa shape index (κ1) is 18.1. The average molecular weight is 385 g/mol. The Hall–Kier alpha value is -3.23. The van der Waals surface area contributed by atoms with E-state index in [0.29, 0.717) is 57.7 Å². The number of carbonyl (C=O) groups is 1. The normalized spacial score (nSPS) is 15.9. The van der Waals surface area contributed by atoms with Crippen LogP contribution in [-0.4, -0.2) is 67.0 Å². The summed E-state index contributed by atoms with van der Waals surface area (Å²) < 4.78 is 16.2. The second-order valence-corrected chi connectivity index (χ2v) is 6.39. The molecule has 1 aromatic carbocycles. The van der Waals surface area contributed by atoms with Crippen molar-refractivity contribution < 1.29 is 19.0 Å². The van der Waals surface area contributed by atoms with Crippen LogP contribution < -0.4 is 19.7 Å². The van der Waals surface area contributed by atoms with Crippen molar-refractivity contribution in [3.8, 4) is 11.5 Å². The second-order valence-electron chi connectivity index (χ2n) is 6.39. The van der Waals surface area contributed by atoms with E-state index in [2.05, 4.69) is 20.2 Å². The van der Waals surface area contributed by atoms with E-state index in [1.807, 2.05) is 31.2 Å². The number of nitrogens with one attached hydrogen (secondary N) is 1. The molecule has 9 nitrogen and oxygen atoms in total. The Labute approximate surface area is 163 Å². The summed E-state index contributed by atoms with van der Waals surface area (Å²) in [6, 6.07) is 7.52. The zero-order valence-electron chi connectivity index (χ0n) is 15.8. The van der Waals surface area contributed by atoms with Crippen molar-refractivity contribution in [1.82, 2.24) is 14.9 Å². The predicted molar refractivity (Wildman–Crippen MR) is 104 cm³/mol. The van der Waals surface area contributed by atoms with Gasteiger partial charge in [-0.1, -0.05) is 0 Å². The summed E-state index contributed by atoms with van der Waals surface area (Å²) in [7, 11) is 0. The van der Waals surface area contributed by atoms with Crippen molar-refractivity contribution in [3.05, 3.63) is 30.5 Å². The average Bonchev–Trinajstić information content (AvgIpc) is 2.74. The van der Waals surface area contributed by atoms with E-state index in [0.717, 1.165) is 17.3 Å². The molecule has 0 unspecified atom stereocenters. The van der Waals surface area contributed by atoms with Gasteiger partial charge < -0.3 is 29.3 Å². The summed E-state index contributed by atoms with van der Waals surface area (Å²) in [5, 5.41) is 3.21. The molecule has 0 atom stereocenters. The number of fused-ring (bicyclic) bond motifs is 1. The van der Waals surface area contributed by atoms with Crippen LogP contribution in [0.4, 0.5) is 22.2 Å². The van der Waals surface area contributed by atoms with Crippen LogP contribution in [0.1, 0.15) is 6.92 Å². The van der Waals surface area contributed by atoms with E-state index < -0.39 is 0 Å². The smallest absolute Gasteiger partial charge is 0.409 e. The van der Waals surface area contributed by atoms with Gasteiger partial charge >= 0.3 is 6.09 Å². The molecular formula is C19H23N5O4. The van der Waals surface area contributed by atoms with E-state index in [-0.39, 0.29) is 6.09 Å². The molecule has 4 rings (SSSR count). The molecule has 0 spiro atoms. The number of benzene rings is 1. The van der Waals surface area contributed by atoms with Gasteiger partial charge in [0.25, 0.3) is 0 Å². The molecule has 2 aliphatic rings. The Morgan fingerprint density at radius 1 is 1.14 bits per heavy atom. The molecule has 3 heterocycles. The number of ether oxygens (including phenoxy) is 3. The Bertz CT molecular complexity index is 839. The first-order chi connectivity index (χ1) is 13.7. The molecule has 2 aliphatic heterocycles. The molecule has 9 heteroatoms. The van der Waals surface area contributed by atoms with Gasteiger partial charge in [-0.2, -0.15) is 4.98 Å². The zero-order valence-corrected chi connectivity index (χ0v) is 15.8. The minimum atomic E-state index is -0.259. The molecule has 28 heavy (non-hydrogen) atoms. The first-order valence-electron chi connectivity index (χ1n) is 9.39. The maximum Gasteiger partial charge on any atom is 0.409 e. The van der Waals surface area contributed by atoms with E-state index in [4.69, 9.17) is 14.2 Å². The van der Waals surface area contributed by atoms with E-state index in [1.54, 1.807) is 11.1 Å². The second kappa shape index (κ2) is 8.20. The lowest BCUT2D eigenvalue weighted by Crippen LogP contribution is -2.49. The Morgan fingerprint density at radius 2 is 1.93 bits per heavy atom. The molecule has 0 radical (unpaired) electrons. The SMILES string of the molecule is CCOC(=O)N1CCN(c2ccnc(Nc3ccc4c(c3)OCCO4)n2)CC1. The summed E-state index contributed by atoms with van der Waals surface area (Å²) >= 11 is 0. The monoisotopic (exact) mass is 385 g/mol. The van der Waals surface area contributed by atoms with Crippen LogP contribution in [0, 0.1) is 0 Å². The lowest BCUT2D eigenvalue weighted by molar-refractivity contribution is 0.105.